The number of hydrogen-bond donors (Lipinski definition) is 1. The van der Waals surface area contributed by atoms with Crippen LogP contribution in [0.25, 0.3) is 0 Å². The summed E-state index contributed by atoms with van der Waals surface area (Å²) in [7, 11) is 0. The molecule has 0 saturated carbocycles. The third-order valence-corrected chi connectivity index (χ3v) is 5.37. The van der Waals surface area contributed by atoms with Crippen molar-refractivity contribution in [1.29, 1.82) is 0 Å². The zero-order valence-electron chi connectivity index (χ0n) is 12.7. The number of amides is 1. The fourth-order valence-corrected chi connectivity index (χ4v) is 3.34. The molecule has 0 bridgehead atoms. The monoisotopic (exact) mass is 428 g/mol. The average Bonchev–Trinajstić information content (AvgIpc) is 2.58. The first-order valence-corrected chi connectivity index (χ1v) is 9.02. The molecule has 0 radical (unpaired) electrons. The van der Waals surface area contributed by atoms with Gasteiger partial charge in [0, 0.05) is 23.9 Å². The van der Waals surface area contributed by atoms with E-state index in [1.807, 2.05) is 24.3 Å². The molecule has 1 fully saturated rings. The molecular formula is C17H15BrCl2N2O2. The zero-order valence-corrected chi connectivity index (χ0v) is 15.8. The summed E-state index contributed by atoms with van der Waals surface area (Å²) in [4.78, 5) is 16.7. The summed E-state index contributed by atoms with van der Waals surface area (Å²) in [6.45, 7) is 1.19. The normalized spacial score (nSPS) is 16.6. The fraction of sp³-hybridized carbons (Fsp3) is 0.294. The van der Waals surface area contributed by atoms with Crippen LogP contribution in [0.15, 0.2) is 41.0 Å². The van der Waals surface area contributed by atoms with Gasteiger partial charge in [0.25, 0.3) is 5.91 Å². The fourth-order valence-electron chi connectivity index (χ4n) is 2.81. The summed E-state index contributed by atoms with van der Waals surface area (Å²) in [6, 6.07) is 9.51. The van der Waals surface area contributed by atoms with Gasteiger partial charge in [-0.3, -0.25) is 4.79 Å². The quantitative estimate of drug-likeness (QED) is 0.726. The smallest absolute Gasteiger partial charge is 0.253 e. The van der Waals surface area contributed by atoms with Gasteiger partial charge < -0.3 is 10.1 Å². The predicted molar refractivity (Wildman–Crippen MR) is 97.6 cm³/mol. The standard InChI is InChI=1S/C17H15BrCl2N2O2/c18-13-3-1-12(2-4-13)17(5-7-24-8-6-17)22-16(23)11-9-14(19)15(20)21-10-11/h1-4,9-10H,5-8H2,(H,22,23). The van der Waals surface area contributed by atoms with Gasteiger partial charge in [-0.2, -0.15) is 0 Å². The van der Waals surface area contributed by atoms with Crippen molar-refractivity contribution < 1.29 is 9.53 Å². The third kappa shape index (κ3) is 3.75. The van der Waals surface area contributed by atoms with Crippen LogP contribution in [-0.2, 0) is 10.3 Å². The Morgan fingerprint density at radius 3 is 2.50 bits per heavy atom. The Balaban J connectivity index is 1.90. The Labute approximate surface area is 158 Å². The van der Waals surface area contributed by atoms with Gasteiger partial charge in [0.2, 0.25) is 0 Å². The van der Waals surface area contributed by atoms with Gasteiger partial charge in [-0.15, -0.1) is 0 Å². The van der Waals surface area contributed by atoms with E-state index in [0.717, 1.165) is 10.0 Å². The van der Waals surface area contributed by atoms with E-state index in [2.05, 4.69) is 26.2 Å². The topological polar surface area (TPSA) is 51.2 Å². The lowest BCUT2D eigenvalue weighted by Gasteiger charge is -2.38. The number of pyridine rings is 1. The Morgan fingerprint density at radius 1 is 1.21 bits per heavy atom. The highest BCUT2D eigenvalue weighted by atomic mass is 79.9. The van der Waals surface area contributed by atoms with E-state index >= 15 is 0 Å². The minimum Gasteiger partial charge on any atom is -0.381 e. The van der Waals surface area contributed by atoms with Crippen molar-refractivity contribution >= 4 is 45.0 Å². The second-order valence-corrected chi connectivity index (χ2v) is 7.33. The maximum Gasteiger partial charge on any atom is 0.253 e. The molecule has 0 aliphatic carbocycles. The number of rotatable bonds is 3. The molecule has 0 unspecified atom stereocenters. The lowest BCUT2D eigenvalue weighted by molar-refractivity contribution is 0.0345. The number of carbonyl (C=O) groups is 1. The van der Waals surface area contributed by atoms with Crippen molar-refractivity contribution in [3.63, 3.8) is 0 Å². The molecule has 3 rings (SSSR count). The number of nitrogens with zero attached hydrogens (tertiary/aromatic N) is 1. The van der Waals surface area contributed by atoms with Crippen molar-refractivity contribution in [2.45, 2.75) is 18.4 Å². The summed E-state index contributed by atoms with van der Waals surface area (Å²) < 4.78 is 6.47. The van der Waals surface area contributed by atoms with Gasteiger partial charge in [-0.25, -0.2) is 4.98 Å². The van der Waals surface area contributed by atoms with Gasteiger partial charge in [0.1, 0.15) is 5.15 Å². The largest absolute Gasteiger partial charge is 0.381 e. The number of ether oxygens (including phenoxy) is 1. The highest BCUT2D eigenvalue weighted by Gasteiger charge is 2.36. The Morgan fingerprint density at radius 2 is 1.88 bits per heavy atom. The molecule has 2 heterocycles. The number of benzene rings is 1. The molecule has 1 aromatic heterocycles. The van der Waals surface area contributed by atoms with Gasteiger partial charge in [0.15, 0.2) is 0 Å². The molecule has 1 aromatic carbocycles. The van der Waals surface area contributed by atoms with Crippen LogP contribution in [0, 0.1) is 0 Å². The van der Waals surface area contributed by atoms with Crippen LogP contribution in [0.5, 0.6) is 0 Å². The summed E-state index contributed by atoms with van der Waals surface area (Å²) in [5.74, 6) is -0.231. The molecule has 7 heteroatoms. The van der Waals surface area contributed by atoms with Crippen molar-refractivity contribution in [2.75, 3.05) is 13.2 Å². The third-order valence-electron chi connectivity index (χ3n) is 4.15. The van der Waals surface area contributed by atoms with E-state index in [-0.39, 0.29) is 16.1 Å². The number of nitrogens with one attached hydrogen (secondary N) is 1. The average molecular weight is 430 g/mol. The second-order valence-electron chi connectivity index (χ2n) is 5.65. The van der Waals surface area contributed by atoms with Crippen molar-refractivity contribution in [2.24, 2.45) is 0 Å². The van der Waals surface area contributed by atoms with E-state index in [0.29, 0.717) is 31.6 Å². The van der Waals surface area contributed by atoms with Gasteiger partial charge in [0.05, 0.1) is 16.1 Å². The molecule has 1 aliphatic heterocycles. The molecule has 1 amide bonds. The maximum absolute atomic E-state index is 12.7. The molecular weight excluding hydrogens is 415 g/mol. The molecule has 2 aromatic rings. The molecule has 1 N–H and O–H groups in total. The van der Waals surface area contributed by atoms with E-state index < -0.39 is 5.54 Å². The van der Waals surface area contributed by atoms with Crippen molar-refractivity contribution in [3.8, 4) is 0 Å². The summed E-state index contributed by atoms with van der Waals surface area (Å²) in [6.07, 6.45) is 2.84. The van der Waals surface area contributed by atoms with E-state index in [1.54, 1.807) is 0 Å². The van der Waals surface area contributed by atoms with Crippen LogP contribution in [-0.4, -0.2) is 24.1 Å². The van der Waals surface area contributed by atoms with Gasteiger partial charge >= 0.3 is 0 Å². The van der Waals surface area contributed by atoms with Crippen molar-refractivity contribution in [1.82, 2.24) is 10.3 Å². The minimum atomic E-state index is -0.470. The number of halogens is 3. The van der Waals surface area contributed by atoms with Crippen molar-refractivity contribution in [3.05, 3.63) is 62.3 Å². The molecule has 0 atom stereocenters. The number of carbonyl (C=O) groups excluding carboxylic acids is 1. The van der Waals surface area contributed by atoms with Crippen LogP contribution >= 0.6 is 39.1 Å². The first-order chi connectivity index (χ1) is 11.5. The van der Waals surface area contributed by atoms with Gasteiger partial charge in [-0.1, -0.05) is 51.3 Å². The summed E-state index contributed by atoms with van der Waals surface area (Å²) in [5.41, 5.74) is 0.963. The molecule has 24 heavy (non-hydrogen) atoms. The van der Waals surface area contributed by atoms with Gasteiger partial charge in [-0.05, 0) is 36.6 Å². The van der Waals surface area contributed by atoms with E-state index in [9.17, 15) is 4.79 Å². The van der Waals surface area contributed by atoms with E-state index in [4.69, 9.17) is 27.9 Å². The van der Waals surface area contributed by atoms with Crippen LogP contribution in [0.3, 0.4) is 0 Å². The number of hydrogen-bond acceptors (Lipinski definition) is 3. The Bertz CT molecular complexity index is 747. The molecule has 1 saturated heterocycles. The summed E-state index contributed by atoms with van der Waals surface area (Å²) in [5, 5.41) is 3.60. The Hall–Kier alpha value is -1.14. The molecule has 1 aliphatic rings. The van der Waals surface area contributed by atoms with Crippen LogP contribution < -0.4 is 5.32 Å². The van der Waals surface area contributed by atoms with Crippen LogP contribution in [0.1, 0.15) is 28.8 Å². The lowest BCUT2D eigenvalue weighted by atomic mass is 9.82. The maximum atomic E-state index is 12.7. The lowest BCUT2D eigenvalue weighted by Crippen LogP contribution is -2.49. The first-order valence-electron chi connectivity index (χ1n) is 7.47. The second kappa shape index (κ2) is 7.40. The van der Waals surface area contributed by atoms with Crippen LogP contribution in [0.2, 0.25) is 10.2 Å². The highest BCUT2D eigenvalue weighted by molar-refractivity contribution is 9.10. The number of aromatic nitrogens is 1. The van der Waals surface area contributed by atoms with Crippen LogP contribution in [0.4, 0.5) is 0 Å². The highest BCUT2D eigenvalue weighted by Crippen LogP contribution is 2.33. The predicted octanol–water partition coefficient (Wildman–Crippen LogP) is 4.59. The molecule has 4 nitrogen and oxygen atoms in total. The Kier molecular flexibility index (Phi) is 5.45. The summed E-state index contributed by atoms with van der Waals surface area (Å²) >= 11 is 15.2. The molecule has 0 spiro atoms. The minimum absolute atomic E-state index is 0.182. The molecule has 126 valence electrons. The SMILES string of the molecule is O=C(NC1(c2ccc(Br)cc2)CCOCC1)c1cnc(Cl)c(Cl)c1. The first kappa shape index (κ1) is 17.7. The van der Waals surface area contributed by atoms with E-state index in [1.165, 1.54) is 12.3 Å². The zero-order chi connectivity index (χ0) is 17.2.